The highest BCUT2D eigenvalue weighted by atomic mass is 35.5. The summed E-state index contributed by atoms with van der Waals surface area (Å²) in [5.74, 6) is 0.927. The van der Waals surface area contributed by atoms with E-state index in [-0.39, 0.29) is 0 Å². The lowest BCUT2D eigenvalue weighted by atomic mass is 10.2. The fourth-order valence-corrected chi connectivity index (χ4v) is 2.02. The summed E-state index contributed by atoms with van der Waals surface area (Å²) < 4.78 is 1.99. The maximum absolute atomic E-state index is 5.96. The Bertz CT molecular complexity index is 506. The van der Waals surface area contributed by atoms with Crippen LogP contribution < -0.4 is 5.32 Å². The molecule has 1 aliphatic rings. The van der Waals surface area contributed by atoms with Crippen LogP contribution in [0.25, 0.3) is 5.69 Å². The van der Waals surface area contributed by atoms with Crippen molar-refractivity contribution < 1.29 is 0 Å². The minimum absolute atomic E-state index is 0.728. The van der Waals surface area contributed by atoms with Crippen molar-refractivity contribution >= 4 is 11.6 Å². The number of aromatic nitrogens is 3. The molecule has 0 saturated carbocycles. The molecule has 0 fully saturated rings. The monoisotopic (exact) mass is 220 g/mol. The Morgan fingerprint density at radius 3 is 3.20 bits per heavy atom. The maximum atomic E-state index is 5.96. The molecule has 0 radical (unpaired) electrons. The topological polar surface area (TPSA) is 42.7 Å². The van der Waals surface area contributed by atoms with Crippen molar-refractivity contribution in [3.8, 4) is 5.69 Å². The van der Waals surface area contributed by atoms with Crippen molar-refractivity contribution in [1.29, 1.82) is 0 Å². The normalized spacial score (nSPS) is 14.2. The molecule has 1 N–H and O–H groups in total. The second-order valence-electron chi connectivity index (χ2n) is 3.49. The van der Waals surface area contributed by atoms with Crippen molar-refractivity contribution in [1.82, 2.24) is 20.1 Å². The highest BCUT2D eigenvalue weighted by molar-refractivity contribution is 6.30. The second kappa shape index (κ2) is 3.32. The van der Waals surface area contributed by atoms with Crippen molar-refractivity contribution in [2.75, 3.05) is 0 Å². The Labute approximate surface area is 91.9 Å². The Balaban J connectivity index is 2.25. The van der Waals surface area contributed by atoms with E-state index >= 15 is 0 Å². The molecule has 3 rings (SSSR count). The smallest absolute Gasteiger partial charge is 0.151 e. The molecule has 0 amide bonds. The average molecular weight is 221 g/mol. The van der Waals surface area contributed by atoms with Gasteiger partial charge in [0.2, 0.25) is 0 Å². The Morgan fingerprint density at radius 2 is 2.27 bits per heavy atom. The van der Waals surface area contributed by atoms with Gasteiger partial charge < -0.3 is 5.32 Å². The van der Waals surface area contributed by atoms with Gasteiger partial charge in [-0.3, -0.25) is 4.57 Å². The molecule has 2 aromatic rings. The molecule has 1 aliphatic heterocycles. The number of rotatable bonds is 0. The first-order chi connectivity index (χ1) is 7.34. The first-order valence-electron chi connectivity index (χ1n) is 4.73. The van der Waals surface area contributed by atoms with Gasteiger partial charge >= 0.3 is 0 Å². The van der Waals surface area contributed by atoms with Crippen LogP contribution in [0.15, 0.2) is 24.5 Å². The highest BCUT2D eigenvalue weighted by Crippen LogP contribution is 2.22. The molecule has 4 nitrogen and oxygen atoms in total. The van der Waals surface area contributed by atoms with Crippen molar-refractivity contribution in [3.05, 3.63) is 40.9 Å². The predicted octanol–water partition coefficient (Wildman–Crippen LogP) is 1.52. The lowest BCUT2D eigenvalue weighted by molar-refractivity contribution is 0.674. The zero-order valence-corrected chi connectivity index (χ0v) is 8.70. The van der Waals surface area contributed by atoms with Crippen LogP contribution in [0, 0.1) is 0 Å². The summed E-state index contributed by atoms with van der Waals surface area (Å²) in [6.07, 6.45) is 1.73. The van der Waals surface area contributed by atoms with Crippen molar-refractivity contribution in [3.63, 3.8) is 0 Å². The molecule has 1 aromatic carbocycles. The zero-order chi connectivity index (χ0) is 10.3. The molecular weight excluding hydrogens is 212 g/mol. The number of hydrogen-bond acceptors (Lipinski definition) is 3. The Kier molecular flexibility index (Phi) is 1.97. The summed E-state index contributed by atoms with van der Waals surface area (Å²) in [6, 6.07) is 5.85. The average Bonchev–Trinajstić information content (AvgIpc) is 2.61. The molecule has 0 atom stereocenters. The van der Waals surface area contributed by atoms with E-state index in [2.05, 4.69) is 15.5 Å². The summed E-state index contributed by atoms with van der Waals surface area (Å²) in [5, 5.41) is 12.0. The van der Waals surface area contributed by atoms with Gasteiger partial charge in [0.15, 0.2) is 5.82 Å². The van der Waals surface area contributed by atoms with Crippen molar-refractivity contribution in [2.24, 2.45) is 0 Å². The van der Waals surface area contributed by atoms with Crippen LogP contribution in [-0.4, -0.2) is 14.8 Å². The van der Waals surface area contributed by atoms with Crippen LogP contribution in [-0.2, 0) is 13.1 Å². The quantitative estimate of drug-likeness (QED) is 0.732. The first kappa shape index (κ1) is 8.88. The van der Waals surface area contributed by atoms with E-state index in [9.17, 15) is 0 Å². The maximum Gasteiger partial charge on any atom is 0.151 e. The van der Waals surface area contributed by atoms with E-state index in [0.29, 0.717) is 0 Å². The third-order valence-corrected chi connectivity index (χ3v) is 2.75. The van der Waals surface area contributed by atoms with Gasteiger partial charge in [-0.15, -0.1) is 10.2 Å². The molecule has 2 heterocycles. The molecule has 1 aromatic heterocycles. The van der Waals surface area contributed by atoms with Crippen LogP contribution in [0.1, 0.15) is 11.4 Å². The Hall–Kier alpha value is -1.39. The fraction of sp³-hybridized carbons (Fsp3) is 0.200. The molecule has 5 heteroatoms. The van der Waals surface area contributed by atoms with Gasteiger partial charge in [-0.25, -0.2) is 0 Å². The molecule has 0 bridgehead atoms. The SMILES string of the molecule is Clc1ccc2c(c1)CNCc1nncn1-2. The van der Waals surface area contributed by atoms with Gasteiger partial charge in [-0.05, 0) is 23.8 Å². The summed E-state index contributed by atoms with van der Waals surface area (Å²) in [5.41, 5.74) is 2.27. The number of nitrogens with one attached hydrogen (secondary N) is 1. The van der Waals surface area contributed by atoms with E-state index in [4.69, 9.17) is 11.6 Å². The van der Waals surface area contributed by atoms with Gasteiger partial charge in [0.25, 0.3) is 0 Å². The van der Waals surface area contributed by atoms with E-state index in [0.717, 1.165) is 29.6 Å². The standard InChI is InChI=1S/C10H9ClN4/c11-8-1-2-9-7(3-8)4-12-5-10-14-13-6-15(9)10/h1-3,6,12H,4-5H2. The van der Waals surface area contributed by atoms with Gasteiger partial charge in [-0.2, -0.15) is 0 Å². The summed E-state index contributed by atoms with van der Waals surface area (Å²) in [7, 11) is 0. The third kappa shape index (κ3) is 1.42. The molecular formula is C10H9ClN4. The third-order valence-electron chi connectivity index (χ3n) is 2.52. The fourth-order valence-electron chi connectivity index (χ4n) is 1.82. The highest BCUT2D eigenvalue weighted by Gasteiger charge is 2.14. The zero-order valence-electron chi connectivity index (χ0n) is 7.94. The van der Waals surface area contributed by atoms with Crippen LogP contribution in [0.4, 0.5) is 0 Å². The van der Waals surface area contributed by atoms with Crippen LogP contribution >= 0.6 is 11.6 Å². The van der Waals surface area contributed by atoms with E-state index in [1.807, 2.05) is 22.8 Å². The lowest BCUT2D eigenvalue weighted by Gasteiger charge is -2.07. The number of halogens is 1. The van der Waals surface area contributed by atoms with Crippen LogP contribution in [0.2, 0.25) is 5.02 Å². The molecule has 0 saturated heterocycles. The number of fused-ring (bicyclic) bond motifs is 3. The van der Waals surface area contributed by atoms with Gasteiger partial charge in [0.1, 0.15) is 6.33 Å². The number of nitrogens with zero attached hydrogens (tertiary/aromatic N) is 3. The number of hydrogen-bond donors (Lipinski definition) is 1. The number of benzene rings is 1. The van der Waals surface area contributed by atoms with Crippen LogP contribution in [0.3, 0.4) is 0 Å². The van der Waals surface area contributed by atoms with Gasteiger partial charge in [-0.1, -0.05) is 11.6 Å². The minimum Gasteiger partial charge on any atom is -0.306 e. The first-order valence-corrected chi connectivity index (χ1v) is 5.11. The molecule has 0 unspecified atom stereocenters. The van der Waals surface area contributed by atoms with E-state index in [1.165, 1.54) is 5.56 Å². The van der Waals surface area contributed by atoms with E-state index in [1.54, 1.807) is 6.33 Å². The molecule has 0 spiro atoms. The van der Waals surface area contributed by atoms with E-state index < -0.39 is 0 Å². The summed E-state index contributed by atoms with van der Waals surface area (Å²) in [6.45, 7) is 1.53. The lowest BCUT2D eigenvalue weighted by Crippen LogP contribution is -2.11. The largest absolute Gasteiger partial charge is 0.306 e. The Morgan fingerprint density at radius 1 is 1.33 bits per heavy atom. The van der Waals surface area contributed by atoms with Crippen molar-refractivity contribution in [2.45, 2.75) is 13.1 Å². The second-order valence-corrected chi connectivity index (χ2v) is 3.93. The van der Waals surface area contributed by atoms with Gasteiger partial charge in [0.05, 0.1) is 12.2 Å². The summed E-state index contributed by atoms with van der Waals surface area (Å²) >= 11 is 5.96. The molecule has 15 heavy (non-hydrogen) atoms. The van der Waals surface area contributed by atoms with Gasteiger partial charge in [0, 0.05) is 11.6 Å². The minimum atomic E-state index is 0.728. The molecule has 0 aliphatic carbocycles. The van der Waals surface area contributed by atoms with Crippen LogP contribution in [0.5, 0.6) is 0 Å². The molecule has 76 valence electrons. The summed E-state index contributed by atoms with van der Waals surface area (Å²) in [4.78, 5) is 0. The predicted molar refractivity (Wildman–Crippen MR) is 56.9 cm³/mol.